The Morgan fingerprint density at radius 1 is 1.07 bits per heavy atom. The lowest BCUT2D eigenvalue weighted by Gasteiger charge is -2.11. The lowest BCUT2D eigenvalue weighted by atomic mass is 10.1. The Morgan fingerprint density at radius 2 is 1.86 bits per heavy atom. The van der Waals surface area contributed by atoms with E-state index in [1.807, 2.05) is 68.6 Å². The summed E-state index contributed by atoms with van der Waals surface area (Å²) in [7, 11) is 0. The van der Waals surface area contributed by atoms with E-state index < -0.39 is 0 Å². The van der Waals surface area contributed by atoms with Gasteiger partial charge in [0.25, 0.3) is 0 Å². The van der Waals surface area contributed by atoms with Crippen molar-refractivity contribution in [2.75, 3.05) is 11.6 Å². The molecule has 2 aromatic carbocycles. The first-order valence-electron chi connectivity index (χ1n) is 9.10. The van der Waals surface area contributed by atoms with Crippen LogP contribution in [0, 0.1) is 5.92 Å². The number of anilines is 2. The molecular weight excluding hydrogens is 370 g/mol. The molecule has 0 aliphatic carbocycles. The van der Waals surface area contributed by atoms with Crippen LogP contribution < -0.4 is 10.1 Å². The van der Waals surface area contributed by atoms with Crippen molar-refractivity contribution in [3.63, 3.8) is 0 Å². The zero-order chi connectivity index (χ0) is 19.9. The smallest absolute Gasteiger partial charge is 0.311 e. The van der Waals surface area contributed by atoms with Gasteiger partial charge in [-0.25, -0.2) is 9.97 Å². The van der Waals surface area contributed by atoms with Crippen LogP contribution in [0.1, 0.15) is 20.3 Å². The normalized spacial score (nSPS) is 10.7. The molecule has 0 radical (unpaired) electrons. The van der Waals surface area contributed by atoms with E-state index in [9.17, 15) is 4.79 Å². The predicted molar refractivity (Wildman–Crippen MR) is 114 cm³/mol. The standard InChI is InChI=1S/C22H23N3O2S/c1-15(2)12-21(26)27-18-11-7-10-17(13-18)23-20-14-19(24-22(25-20)28-3)16-8-5-4-6-9-16/h4-11,13-15H,12H2,1-3H3,(H,23,24,25). The molecule has 144 valence electrons. The average Bonchev–Trinajstić information content (AvgIpc) is 2.68. The molecule has 0 aliphatic heterocycles. The second-order valence-corrected chi connectivity index (χ2v) is 7.49. The van der Waals surface area contributed by atoms with Crippen LogP contribution in [0.4, 0.5) is 11.5 Å². The number of carbonyl (C=O) groups excluding carboxylic acids is 1. The predicted octanol–water partition coefficient (Wildman–Crippen LogP) is 5.56. The highest BCUT2D eigenvalue weighted by atomic mass is 32.2. The molecule has 1 heterocycles. The van der Waals surface area contributed by atoms with E-state index in [2.05, 4.69) is 15.3 Å². The van der Waals surface area contributed by atoms with E-state index in [1.165, 1.54) is 11.8 Å². The van der Waals surface area contributed by atoms with E-state index in [-0.39, 0.29) is 11.9 Å². The Bertz CT molecular complexity index is 946. The topological polar surface area (TPSA) is 64.1 Å². The number of aromatic nitrogens is 2. The molecule has 0 amide bonds. The Balaban J connectivity index is 1.81. The minimum absolute atomic E-state index is 0.231. The molecule has 0 fully saturated rings. The summed E-state index contributed by atoms with van der Waals surface area (Å²) in [5.41, 5.74) is 2.67. The monoisotopic (exact) mass is 393 g/mol. The number of nitrogens with one attached hydrogen (secondary N) is 1. The van der Waals surface area contributed by atoms with Crippen LogP contribution in [-0.4, -0.2) is 22.2 Å². The number of carbonyl (C=O) groups is 1. The number of nitrogens with zero attached hydrogens (tertiary/aromatic N) is 2. The van der Waals surface area contributed by atoms with Gasteiger partial charge in [0.05, 0.1) is 5.69 Å². The van der Waals surface area contributed by atoms with E-state index in [4.69, 9.17) is 4.74 Å². The number of hydrogen-bond donors (Lipinski definition) is 1. The van der Waals surface area contributed by atoms with Crippen LogP contribution >= 0.6 is 11.8 Å². The van der Waals surface area contributed by atoms with Crippen molar-refractivity contribution in [3.05, 3.63) is 60.7 Å². The summed E-state index contributed by atoms with van der Waals surface area (Å²) >= 11 is 1.49. The van der Waals surface area contributed by atoms with Crippen LogP contribution in [0.3, 0.4) is 0 Å². The lowest BCUT2D eigenvalue weighted by Crippen LogP contribution is -2.10. The van der Waals surface area contributed by atoms with Gasteiger partial charge in [0.2, 0.25) is 0 Å². The molecule has 3 aromatic rings. The van der Waals surface area contributed by atoms with Crippen molar-refractivity contribution in [1.29, 1.82) is 0 Å². The fourth-order valence-corrected chi connectivity index (χ4v) is 3.01. The number of thioether (sulfide) groups is 1. The quantitative estimate of drug-likeness (QED) is 0.245. The van der Waals surface area contributed by atoms with Gasteiger partial charge in [-0.2, -0.15) is 0 Å². The minimum atomic E-state index is -0.231. The molecule has 5 nitrogen and oxygen atoms in total. The van der Waals surface area contributed by atoms with Crippen molar-refractivity contribution in [2.45, 2.75) is 25.4 Å². The second-order valence-electron chi connectivity index (χ2n) is 6.72. The maximum absolute atomic E-state index is 11.9. The molecular formula is C22H23N3O2S. The molecule has 6 heteroatoms. The van der Waals surface area contributed by atoms with Gasteiger partial charge in [-0.15, -0.1) is 0 Å². The van der Waals surface area contributed by atoms with E-state index in [0.29, 0.717) is 23.1 Å². The molecule has 0 spiro atoms. The van der Waals surface area contributed by atoms with Crippen LogP contribution in [0.15, 0.2) is 65.8 Å². The first-order valence-corrected chi connectivity index (χ1v) is 10.3. The fraction of sp³-hybridized carbons (Fsp3) is 0.227. The largest absolute Gasteiger partial charge is 0.426 e. The van der Waals surface area contributed by atoms with Gasteiger partial charge < -0.3 is 10.1 Å². The molecule has 1 aromatic heterocycles. The molecule has 0 unspecified atom stereocenters. The van der Waals surface area contributed by atoms with Crippen molar-refractivity contribution in [2.24, 2.45) is 5.92 Å². The van der Waals surface area contributed by atoms with E-state index in [1.54, 1.807) is 12.1 Å². The van der Waals surface area contributed by atoms with E-state index in [0.717, 1.165) is 16.9 Å². The Labute approximate surface area is 169 Å². The van der Waals surface area contributed by atoms with Gasteiger partial charge in [-0.1, -0.05) is 62.0 Å². The summed E-state index contributed by atoms with van der Waals surface area (Å²) < 4.78 is 5.43. The highest BCUT2D eigenvalue weighted by Crippen LogP contribution is 2.26. The third kappa shape index (κ3) is 5.57. The van der Waals surface area contributed by atoms with Crippen LogP contribution in [0.25, 0.3) is 11.3 Å². The molecule has 0 atom stereocenters. The van der Waals surface area contributed by atoms with Gasteiger partial charge in [0, 0.05) is 29.8 Å². The summed E-state index contributed by atoms with van der Waals surface area (Å²) in [5, 5.41) is 3.97. The van der Waals surface area contributed by atoms with Crippen LogP contribution in [0.5, 0.6) is 5.75 Å². The van der Waals surface area contributed by atoms with Crippen molar-refractivity contribution in [1.82, 2.24) is 9.97 Å². The number of ether oxygens (including phenoxy) is 1. The number of benzene rings is 2. The first-order chi connectivity index (χ1) is 13.5. The molecule has 0 aliphatic rings. The summed E-state index contributed by atoms with van der Waals surface area (Å²) in [4.78, 5) is 21.0. The highest BCUT2D eigenvalue weighted by molar-refractivity contribution is 7.98. The molecule has 0 bridgehead atoms. The summed E-state index contributed by atoms with van der Waals surface area (Å²) in [5.74, 6) is 1.23. The van der Waals surface area contributed by atoms with Gasteiger partial charge in [-0.05, 0) is 24.3 Å². The fourth-order valence-electron chi connectivity index (χ4n) is 2.63. The zero-order valence-corrected chi connectivity index (χ0v) is 17.0. The zero-order valence-electron chi connectivity index (χ0n) is 16.2. The minimum Gasteiger partial charge on any atom is -0.426 e. The van der Waals surface area contributed by atoms with Gasteiger partial charge in [0.1, 0.15) is 11.6 Å². The Morgan fingerprint density at radius 3 is 2.57 bits per heavy atom. The summed E-state index contributed by atoms with van der Waals surface area (Å²) in [6.45, 7) is 3.98. The molecule has 0 saturated heterocycles. The van der Waals surface area contributed by atoms with Crippen molar-refractivity contribution in [3.8, 4) is 17.0 Å². The Hall–Kier alpha value is -2.86. The number of rotatable bonds is 7. The van der Waals surface area contributed by atoms with Gasteiger partial charge in [-0.3, -0.25) is 4.79 Å². The Kier molecular flexibility index (Phi) is 6.66. The molecule has 0 saturated carbocycles. The summed E-state index contributed by atoms with van der Waals surface area (Å²) in [6.07, 6.45) is 2.34. The average molecular weight is 394 g/mol. The second kappa shape index (κ2) is 9.37. The van der Waals surface area contributed by atoms with Gasteiger partial charge in [0.15, 0.2) is 5.16 Å². The highest BCUT2D eigenvalue weighted by Gasteiger charge is 2.10. The SMILES string of the molecule is CSc1nc(Nc2cccc(OC(=O)CC(C)C)c2)cc(-c2ccccc2)n1. The van der Waals surface area contributed by atoms with Crippen LogP contribution in [-0.2, 0) is 4.79 Å². The van der Waals surface area contributed by atoms with Crippen LogP contribution in [0.2, 0.25) is 0 Å². The molecule has 1 N–H and O–H groups in total. The first kappa shape index (κ1) is 19.9. The maximum atomic E-state index is 11.9. The van der Waals surface area contributed by atoms with Crippen molar-refractivity contribution >= 4 is 29.2 Å². The maximum Gasteiger partial charge on any atom is 0.311 e. The number of esters is 1. The van der Waals surface area contributed by atoms with Crippen molar-refractivity contribution < 1.29 is 9.53 Å². The summed E-state index contributed by atoms with van der Waals surface area (Å²) in [6, 6.07) is 19.2. The van der Waals surface area contributed by atoms with Gasteiger partial charge >= 0.3 is 5.97 Å². The third-order valence-electron chi connectivity index (χ3n) is 3.87. The molecule has 28 heavy (non-hydrogen) atoms. The number of hydrogen-bond acceptors (Lipinski definition) is 6. The third-order valence-corrected chi connectivity index (χ3v) is 4.42. The molecule has 3 rings (SSSR count). The lowest BCUT2D eigenvalue weighted by molar-refractivity contribution is -0.135. The van der Waals surface area contributed by atoms with E-state index >= 15 is 0 Å².